The van der Waals surface area contributed by atoms with Crippen LogP contribution in [0.2, 0.25) is 0 Å². The number of nitrogens with one attached hydrogen (secondary N) is 1. The fraction of sp³-hybridized carbons (Fsp3) is 0.182. The molecule has 20 heavy (non-hydrogen) atoms. The van der Waals surface area contributed by atoms with E-state index < -0.39 is 16.0 Å². The second-order valence-corrected chi connectivity index (χ2v) is 5.62. The Kier molecular flexibility index (Phi) is 3.45. The first-order valence-corrected chi connectivity index (χ1v) is 6.95. The van der Waals surface area contributed by atoms with Gasteiger partial charge in [-0.3, -0.25) is 0 Å². The first kappa shape index (κ1) is 14.0. The monoisotopic (exact) mass is 297 g/mol. The molecule has 2 N–H and O–H groups in total. The third-order valence-corrected chi connectivity index (χ3v) is 4.02. The van der Waals surface area contributed by atoms with Gasteiger partial charge < -0.3 is 9.52 Å². The summed E-state index contributed by atoms with van der Waals surface area (Å²) in [5, 5.41) is 16.0. The predicted molar refractivity (Wildman–Crippen MR) is 68.0 cm³/mol. The van der Waals surface area contributed by atoms with Crippen molar-refractivity contribution in [2.24, 2.45) is 0 Å². The van der Waals surface area contributed by atoms with Gasteiger partial charge in [0.2, 0.25) is 5.89 Å². The third-order valence-electron chi connectivity index (χ3n) is 2.55. The highest BCUT2D eigenvalue weighted by atomic mass is 32.2. The smallest absolute Gasteiger partial charge is 0.335 e. The molecule has 0 saturated heterocycles. The summed E-state index contributed by atoms with van der Waals surface area (Å²) in [4.78, 5) is 10.8. The van der Waals surface area contributed by atoms with Crippen LogP contribution in [0.25, 0.3) is 0 Å². The van der Waals surface area contributed by atoms with Crippen LogP contribution in [0.15, 0.2) is 27.5 Å². The molecule has 0 atom stereocenters. The first-order chi connectivity index (χ1) is 9.31. The van der Waals surface area contributed by atoms with E-state index in [1.807, 2.05) is 0 Å². The zero-order valence-electron chi connectivity index (χ0n) is 10.6. The molecule has 0 amide bonds. The summed E-state index contributed by atoms with van der Waals surface area (Å²) in [5.41, 5.74) is 0.0401. The lowest BCUT2D eigenvalue weighted by atomic mass is 10.1. The van der Waals surface area contributed by atoms with Gasteiger partial charge in [-0.1, -0.05) is 11.2 Å². The van der Waals surface area contributed by atoms with Crippen molar-refractivity contribution in [2.45, 2.75) is 18.7 Å². The predicted octanol–water partition coefficient (Wildman–Crippen LogP) is 1.19. The maximum atomic E-state index is 12.2. The summed E-state index contributed by atoms with van der Waals surface area (Å²) in [6, 6.07) is 3.70. The van der Waals surface area contributed by atoms with Crippen molar-refractivity contribution in [3.8, 4) is 0 Å². The van der Waals surface area contributed by atoms with Gasteiger partial charge in [0.25, 0.3) is 10.0 Å². The van der Waals surface area contributed by atoms with Gasteiger partial charge in [0.05, 0.1) is 10.5 Å². The molecule has 0 radical (unpaired) electrons. The van der Waals surface area contributed by atoms with Crippen molar-refractivity contribution in [3.63, 3.8) is 0 Å². The Labute approximate surface area is 114 Å². The molecular weight excluding hydrogens is 286 g/mol. The number of hydrogen-bond acceptors (Lipinski definition) is 6. The zero-order chi connectivity index (χ0) is 14.9. The van der Waals surface area contributed by atoms with Crippen molar-refractivity contribution < 1.29 is 22.7 Å². The van der Waals surface area contributed by atoms with Crippen LogP contribution < -0.4 is 4.72 Å². The molecule has 1 heterocycles. The number of nitrogens with zero attached hydrogens (tertiary/aromatic N) is 2. The number of hydrogen-bond donors (Lipinski definition) is 2. The van der Waals surface area contributed by atoms with Gasteiger partial charge in [-0.05, 0) is 24.6 Å². The molecule has 0 saturated carbocycles. The van der Waals surface area contributed by atoms with E-state index in [9.17, 15) is 13.2 Å². The second kappa shape index (κ2) is 4.93. The Balaban J connectivity index is 2.44. The number of aryl methyl sites for hydroxylation is 1. The summed E-state index contributed by atoms with van der Waals surface area (Å²) >= 11 is 0. The SMILES string of the molecule is Cc1nnc(NS(=O)(=O)c2cccc(C(=O)O)c2C)o1. The molecule has 0 aliphatic rings. The Bertz CT molecular complexity index is 766. The van der Waals surface area contributed by atoms with Gasteiger partial charge in [0.1, 0.15) is 0 Å². The van der Waals surface area contributed by atoms with Gasteiger partial charge in [-0.25, -0.2) is 17.9 Å². The summed E-state index contributed by atoms with van der Waals surface area (Å²) in [6.45, 7) is 2.93. The third kappa shape index (κ3) is 2.62. The molecule has 0 spiro atoms. The van der Waals surface area contributed by atoms with Crippen molar-refractivity contribution in [1.82, 2.24) is 10.2 Å². The summed E-state index contributed by atoms with van der Waals surface area (Å²) in [5.74, 6) is -0.994. The Morgan fingerprint density at radius 2 is 2.00 bits per heavy atom. The lowest BCUT2D eigenvalue weighted by Crippen LogP contribution is -2.16. The van der Waals surface area contributed by atoms with Gasteiger partial charge in [0, 0.05) is 6.92 Å². The van der Waals surface area contributed by atoms with Crippen LogP contribution >= 0.6 is 0 Å². The number of carboxylic acids is 1. The molecule has 0 aliphatic carbocycles. The quantitative estimate of drug-likeness (QED) is 0.868. The number of rotatable bonds is 4. The van der Waals surface area contributed by atoms with E-state index in [1.165, 1.54) is 32.0 Å². The maximum absolute atomic E-state index is 12.2. The highest BCUT2D eigenvalue weighted by Crippen LogP contribution is 2.21. The maximum Gasteiger partial charge on any atom is 0.335 e. The number of anilines is 1. The fourth-order valence-electron chi connectivity index (χ4n) is 1.64. The molecule has 8 nitrogen and oxygen atoms in total. The normalized spacial score (nSPS) is 11.3. The topological polar surface area (TPSA) is 122 Å². The average molecular weight is 297 g/mol. The van der Waals surface area contributed by atoms with Crippen molar-refractivity contribution in [2.75, 3.05) is 4.72 Å². The minimum atomic E-state index is -4.00. The minimum absolute atomic E-state index is 0.0883. The van der Waals surface area contributed by atoms with Crippen LogP contribution in [-0.4, -0.2) is 29.7 Å². The summed E-state index contributed by atoms with van der Waals surface area (Å²) < 4.78 is 31.4. The number of carboxylic acid groups (broad SMARTS) is 1. The zero-order valence-corrected chi connectivity index (χ0v) is 11.4. The molecule has 0 bridgehead atoms. The van der Waals surface area contributed by atoms with Gasteiger partial charge >= 0.3 is 12.0 Å². The highest BCUT2D eigenvalue weighted by Gasteiger charge is 2.22. The van der Waals surface area contributed by atoms with E-state index in [0.29, 0.717) is 0 Å². The Morgan fingerprint density at radius 1 is 1.30 bits per heavy atom. The van der Waals surface area contributed by atoms with Crippen molar-refractivity contribution in [3.05, 3.63) is 35.2 Å². The number of aromatic nitrogens is 2. The van der Waals surface area contributed by atoms with E-state index in [-0.39, 0.29) is 27.9 Å². The summed E-state index contributed by atoms with van der Waals surface area (Å²) in [6.07, 6.45) is 0. The Morgan fingerprint density at radius 3 is 2.55 bits per heavy atom. The lowest BCUT2D eigenvalue weighted by Gasteiger charge is -2.09. The minimum Gasteiger partial charge on any atom is -0.478 e. The molecule has 1 aromatic heterocycles. The molecule has 1 aromatic carbocycles. The number of carbonyl (C=O) groups is 1. The molecular formula is C11H11N3O5S. The molecule has 0 fully saturated rings. The van der Waals surface area contributed by atoms with E-state index in [4.69, 9.17) is 9.52 Å². The largest absolute Gasteiger partial charge is 0.478 e. The second-order valence-electron chi connectivity index (χ2n) is 3.97. The van der Waals surface area contributed by atoms with Crippen LogP contribution in [0.5, 0.6) is 0 Å². The van der Waals surface area contributed by atoms with Gasteiger partial charge in [-0.15, -0.1) is 5.10 Å². The summed E-state index contributed by atoms with van der Waals surface area (Å²) in [7, 11) is -4.00. The van der Waals surface area contributed by atoms with Crippen LogP contribution in [0.1, 0.15) is 21.8 Å². The fourth-order valence-corrected chi connectivity index (χ4v) is 2.84. The van der Waals surface area contributed by atoms with Crippen molar-refractivity contribution in [1.29, 1.82) is 0 Å². The highest BCUT2D eigenvalue weighted by molar-refractivity contribution is 7.92. The standard InChI is InChI=1S/C11H11N3O5S/c1-6-8(10(15)16)4-3-5-9(6)20(17,18)14-11-13-12-7(2)19-11/h3-5H,1-2H3,(H,13,14)(H,15,16). The van der Waals surface area contributed by atoms with Gasteiger partial charge in [-0.2, -0.15) is 0 Å². The molecule has 2 rings (SSSR count). The molecule has 106 valence electrons. The molecule has 0 aliphatic heterocycles. The van der Waals surface area contributed by atoms with Crippen LogP contribution in [0, 0.1) is 13.8 Å². The molecule has 9 heteroatoms. The van der Waals surface area contributed by atoms with E-state index in [1.54, 1.807) is 0 Å². The van der Waals surface area contributed by atoms with Gasteiger partial charge in [0.15, 0.2) is 0 Å². The lowest BCUT2D eigenvalue weighted by molar-refractivity contribution is 0.0696. The average Bonchev–Trinajstić information content (AvgIpc) is 2.73. The number of aromatic carboxylic acids is 1. The van der Waals surface area contributed by atoms with E-state index >= 15 is 0 Å². The number of benzene rings is 1. The van der Waals surface area contributed by atoms with E-state index in [0.717, 1.165) is 0 Å². The van der Waals surface area contributed by atoms with Crippen LogP contribution in [0.3, 0.4) is 0 Å². The Hall–Kier alpha value is -2.42. The van der Waals surface area contributed by atoms with Crippen molar-refractivity contribution >= 4 is 22.0 Å². The molecule has 2 aromatic rings. The molecule has 0 unspecified atom stereocenters. The number of sulfonamides is 1. The first-order valence-electron chi connectivity index (χ1n) is 5.47. The van der Waals surface area contributed by atoms with Crippen LogP contribution in [0.4, 0.5) is 6.01 Å². The van der Waals surface area contributed by atoms with Crippen LogP contribution in [-0.2, 0) is 10.0 Å². The van der Waals surface area contributed by atoms with E-state index in [2.05, 4.69) is 14.9 Å².